The Hall–Kier alpha value is -1.87. The van der Waals surface area contributed by atoms with Gasteiger partial charge in [0, 0.05) is 23.7 Å². The number of benzene rings is 2. The minimum Gasteiger partial charge on any atom is -0.496 e. The van der Waals surface area contributed by atoms with Crippen LogP contribution in [-0.4, -0.2) is 13.2 Å². The van der Waals surface area contributed by atoms with Crippen molar-refractivity contribution in [3.63, 3.8) is 0 Å². The third-order valence-corrected chi connectivity index (χ3v) is 3.60. The molecule has 0 radical (unpaired) electrons. The molecule has 0 aromatic heterocycles. The third-order valence-electron chi connectivity index (χ3n) is 3.60. The van der Waals surface area contributed by atoms with E-state index in [0.717, 1.165) is 17.7 Å². The minimum absolute atomic E-state index is 0.218. The second-order valence-corrected chi connectivity index (χ2v) is 5.17. The summed E-state index contributed by atoms with van der Waals surface area (Å²) in [6.45, 7) is 0.785. The fraction of sp³-hybridized carbons (Fsp3) is 0.294. The number of methoxy groups -OCH3 is 1. The van der Waals surface area contributed by atoms with Gasteiger partial charge in [0.25, 0.3) is 0 Å². The molecule has 1 fully saturated rings. The van der Waals surface area contributed by atoms with Gasteiger partial charge in [0.2, 0.25) is 0 Å². The lowest BCUT2D eigenvalue weighted by Crippen LogP contribution is -2.15. The maximum Gasteiger partial charge on any atom is 0.131 e. The van der Waals surface area contributed by atoms with E-state index in [4.69, 9.17) is 4.74 Å². The fourth-order valence-electron chi connectivity index (χ4n) is 2.31. The zero-order valence-electron chi connectivity index (χ0n) is 11.5. The molecule has 2 aromatic carbocycles. The maximum absolute atomic E-state index is 14.1. The molecule has 1 aliphatic rings. The molecule has 104 valence electrons. The van der Waals surface area contributed by atoms with Crippen LogP contribution in [0.2, 0.25) is 0 Å². The van der Waals surface area contributed by atoms with Crippen LogP contribution in [0.4, 0.5) is 4.39 Å². The largest absolute Gasteiger partial charge is 0.496 e. The van der Waals surface area contributed by atoms with Crippen LogP contribution in [0.15, 0.2) is 42.5 Å². The molecule has 2 nitrogen and oxygen atoms in total. The smallest absolute Gasteiger partial charge is 0.131 e. The monoisotopic (exact) mass is 271 g/mol. The Morgan fingerprint density at radius 1 is 1.15 bits per heavy atom. The molecule has 0 amide bonds. The highest BCUT2D eigenvalue weighted by molar-refractivity contribution is 5.71. The molecule has 3 heteroatoms. The molecule has 0 atom stereocenters. The molecule has 0 saturated heterocycles. The number of rotatable bonds is 5. The molecule has 0 bridgehead atoms. The van der Waals surface area contributed by atoms with Gasteiger partial charge in [-0.1, -0.05) is 24.3 Å². The van der Waals surface area contributed by atoms with Crippen molar-refractivity contribution in [1.82, 2.24) is 5.32 Å². The molecule has 2 aromatic rings. The number of ether oxygens (including phenoxy) is 1. The van der Waals surface area contributed by atoms with Gasteiger partial charge < -0.3 is 10.1 Å². The summed E-state index contributed by atoms with van der Waals surface area (Å²) in [7, 11) is 1.61. The van der Waals surface area contributed by atoms with Crippen LogP contribution in [0, 0.1) is 5.82 Å². The summed E-state index contributed by atoms with van der Waals surface area (Å²) < 4.78 is 19.4. The zero-order chi connectivity index (χ0) is 13.9. The van der Waals surface area contributed by atoms with E-state index in [-0.39, 0.29) is 5.82 Å². The summed E-state index contributed by atoms with van der Waals surface area (Å²) in [6, 6.07) is 13.4. The highest BCUT2D eigenvalue weighted by Gasteiger charge is 2.20. The second kappa shape index (κ2) is 5.63. The summed E-state index contributed by atoms with van der Waals surface area (Å²) in [5, 5.41) is 3.45. The van der Waals surface area contributed by atoms with Gasteiger partial charge >= 0.3 is 0 Å². The normalized spacial score (nSPS) is 14.3. The quantitative estimate of drug-likeness (QED) is 0.894. The van der Waals surface area contributed by atoms with Crippen LogP contribution in [0.25, 0.3) is 11.1 Å². The van der Waals surface area contributed by atoms with Crippen molar-refractivity contribution in [2.45, 2.75) is 25.4 Å². The van der Waals surface area contributed by atoms with Gasteiger partial charge in [0.15, 0.2) is 0 Å². The predicted molar refractivity (Wildman–Crippen MR) is 78.2 cm³/mol. The Labute approximate surface area is 118 Å². The zero-order valence-corrected chi connectivity index (χ0v) is 11.5. The Morgan fingerprint density at radius 2 is 1.95 bits per heavy atom. The minimum atomic E-state index is -0.218. The van der Waals surface area contributed by atoms with Crippen molar-refractivity contribution in [3.05, 3.63) is 53.8 Å². The van der Waals surface area contributed by atoms with Gasteiger partial charge in [-0.25, -0.2) is 4.39 Å². The Morgan fingerprint density at radius 3 is 2.70 bits per heavy atom. The molecule has 20 heavy (non-hydrogen) atoms. The molecule has 0 unspecified atom stereocenters. The Balaban J connectivity index is 1.92. The van der Waals surface area contributed by atoms with Crippen molar-refractivity contribution < 1.29 is 9.13 Å². The van der Waals surface area contributed by atoms with E-state index in [1.807, 2.05) is 36.4 Å². The number of hydrogen-bond donors (Lipinski definition) is 1. The van der Waals surface area contributed by atoms with E-state index in [1.54, 1.807) is 7.11 Å². The van der Waals surface area contributed by atoms with Crippen LogP contribution in [0.5, 0.6) is 5.75 Å². The summed E-state index contributed by atoms with van der Waals surface area (Å²) in [5.74, 6) is 0.475. The summed E-state index contributed by atoms with van der Waals surface area (Å²) in [5.41, 5.74) is 2.48. The number of nitrogens with one attached hydrogen (secondary N) is 1. The fourth-order valence-corrected chi connectivity index (χ4v) is 2.31. The van der Waals surface area contributed by atoms with Crippen LogP contribution >= 0.6 is 0 Å². The van der Waals surface area contributed by atoms with E-state index in [9.17, 15) is 4.39 Å². The second-order valence-electron chi connectivity index (χ2n) is 5.17. The first-order valence-electron chi connectivity index (χ1n) is 6.93. The summed E-state index contributed by atoms with van der Waals surface area (Å²) in [6.07, 6.45) is 2.50. The maximum atomic E-state index is 14.1. The van der Waals surface area contributed by atoms with Gasteiger partial charge in [-0.3, -0.25) is 0 Å². The number of hydrogen-bond acceptors (Lipinski definition) is 2. The van der Waals surface area contributed by atoms with Crippen LogP contribution in [-0.2, 0) is 6.54 Å². The molecule has 3 rings (SSSR count). The molecular formula is C17H18FNO. The summed E-state index contributed by atoms with van der Waals surface area (Å²) >= 11 is 0. The molecule has 0 aliphatic heterocycles. The van der Waals surface area contributed by atoms with Crippen LogP contribution in [0.1, 0.15) is 18.4 Å². The molecule has 1 saturated carbocycles. The average Bonchev–Trinajstić information content (AvgIpc) is 3.30. The lowest BCUT2D eigenvalue weighted by molar-refractivity contribution is 0.416. The van der Waals surface area contributed by atoms with Gasteiger partial charge in [-0.2, -0.15) is 0 Å². The lowest BCUT2D eigenvalue weighted by atomic mass is 10.0. The van der Waals surface area contributed by atoms with E-state index in [2.05, 4.69) is 5.32 Å². The Bertz CT molecular complexity index is 608. The standard InChI is InChI=1S/C17H18FNO/c1-20-17-5-3-2-4-14(17)15-10-12(6-9-16(15)18)11-19-13-7-8-13/h2-6,9-10,13,19H,7-8,11H2,1H3. The Kier molecular flexibility index (Phi) is 3.70. The first-order chi connectivity index (χ1) is 9.78. The molecule has 0 heterocycles. The van der Waals surface area contributed by atoms with Gasteiger partial charge in [-0.15, -0.1) is 0 Å². The van der Waals surface area contributed by atoms with Gasteiger partial charge in [-0.05, 0) is 36.6 Å². The average molecular weight is 271 g/mol. The van der Waals surface area contributed by atoms with E-state index >= 15 is 0 Å². The van der Waals surface area contributed by atoms with Crippen molar-refractivity contribution >= 4 is 0 Å². The summed E-state index contributed by atoms with van der Waals surface area (Å²) in [4.78, 5) is 0. The van der Waals surface area contributed by atoms with Crippen LogP contribution < -0.4 is 10.1 Å². The molecular weight excluding hydrogens is 253 g/mol. The lowest BCUT2D eigenvalue weighted by Gasteiger charge is -2.11. The van der Waals surface area contributed by atoms with Gasteiger partial charge in [0.05, 0.1) is 7.11 Å². The SMILES string of the molecule is COc1ccccc1-c1cc(CNC2CC2)ccc1F. The van der Waals surface area contributed by atoms with Crippen molar-refractivity contribution in [1.29, 1.82) is 0 Å². The van der Waals surface area contributed by atoms with Crippen molar-refractivity contribution in [2.24, 2.45) is 0 Å². The van der Waals surface area contributed by atoms with Crippen molar-refractivity contribution in [2.75, 3.05) is 7.11 Å². The molecule has 0 spiro atoms. The highest BCUT2D eigenvalue weighted by atomic mass is 19.1. The molecule has 1 N–H and O–H groups in total. The highest BCUT2D eigenvalue weighted by Crippen LogP contribution is 2.32. The number of halogens is 1. The first kappa shape index (κ1) is 13.1. The van der Waals surface area contributed by atoms with E-state index < -0.39 is 0 Å². The van der Waals surface area contributed by atoms with E-state index in [0.29, 0.717) is 17.4 Å². The first-order valence-corrected chi connectivity index (χ1v) is 6.93. The molecule has 1 aliphatic carbocycles. The number of para-hydroxylation sites is 1. The van der Waals surface area contributed by atoms with Gasteiger partial charge in [0.1, 0.15) is 11.6 Å². The topological polar surface area (TPSA) is 21.3 Å². The predicted octanol–water partition coefficient (Wildman–Crippen LogP) is 3.75. The van der Waals surface area contributed by atoms with Crippen molar-refractivity contribution in [3.8, 4) is 16.9 Å². The van der Waals surface area contributed by atoms with Crippen LogP contribution in [0.3, 0.4) is 0 Å². The van der Waals surface area contributed by atoms with E-state index in [1.165, 1.54) is 18.9 Å². The third kappa shape index (κ3) is 2.83.